The molecule has 0 heterocycles. The Morgan fingerprint density at radius 1 is 1.09 bits per heavy atom. The lowest BCUT2D eigenvalue weighted by atomic mass is 10.1. The van der Waals surface area contributed by atoms with Gasteiger partial charge in [0.2, 0.25) is 11.8 Å². The van der Waals surface area contributed by atoms with E-state index in [0.717, 1.165) is 24.1 Å². The number of aryl methyl sites for hydroxylation is 2. The Morgan fingerprint density at radius 3 is 2.45 bits per heavy atom. The molecule has 0 saturated heterocycles. The number of carbonyl (C=O) groups excluding carboxylic acids is 2. The second-order valence-corrected chi connectivity index (χ2v) is 6.87. The van der Waals surface area contributed by atoms with Gasteiger partial charge in [-0.05, 0) is 49.9 Å². The fourth-order valence-corrected chi connectivity index (χ4v) is 3.22. The van der Waals surface area contributed by atoms with Crippen molar-refractivity contribution in [3.05, 3.63) is 29.3 Å². The van der Waals surface area contributed by atoms with Crippen LogP contribution in [0.5, 0.6) is 0 Å². The number of amides is 2. The first-order valence-electron chi connectivity index (χ1n) is 7.79. The molecule has 1 fully saturated rings. The summed E-state index contributed by atoms with van der Waals surface area (Å²) < 4.78 is 0. The number of nitrogens with one attached hydrogen (secondary N) is 2. The molecule has 2 amide bonds. The molecule has 0 atom stereocenters. The van der Waals surface area contributed by atoms with Gasteiger partial charge in [0.1, 0.15) is 0 Å². The summed E-state index contributed by atoms with van der Waals surface area (Å²) >= 11 is 1.36. The van der Waals surface area contributed by atoms with Gasteiger partial charge < -0.3 is 10.6 Å². The molecule has 2 rings (SSSR count). The molecule has 0 bridgehead atoms. The molecule has 22 heavy (non-hydrogen) atoms. The molecular weight excluding hydrogens is 296 g/mol. The standard InChI is InChI=1S/C17H24N2O2S/c1-12-7-8-15(9-13(12)2)19-17(21)11-22-10-16(20)18-14-5-3-4-6-14/h7-9,14H,3-6,10-11H2,1-2H3,(H,18,20)(H,19,21). The third kappa shape index (κ3) is 5.37. The summed E-state index contributed by atoms with van der Waals surface area (Å²) in [7, 11) is 0. The summed E-state index contributed by atoms with van der Waals surface area (Å²) in [4.78, 5) is 23.6. The van der Waals surface area contributed by atoms with Gasteiger partial charge in [0, 0.05) is 11.7 Å². The Bertz CT molecular complexity index is 539. The van der Waals surface area contributed by atoms with Crippen LogP contribution in [0.4, 0.5) is 5.69 Å². The number of rotatable bonds is 6. The Labute approximate surface area is 136 Å². The first-order chi connectivity index (χ1) is 10.5. The predicted octanol–water partition coefficient (Wildman–Crippen LogP) is 3.03. The molecule has 1 saturated carbocycles. The highest BCUT2D eigenvalue weighted by molar-refractivity contribution is 8.00. The fraction of sp³-hybridized carbons (Fsp3) is 0.529. The van der Waals surface area contributed by atoms with Gasteiger partial charge >= 0.3 is 0 Å². The topological polar surface area (TPSA) is 58.2 Å². The maximum absolute atomic E-state index is 11.9. The van der Waals surface area contributed by atoms with Gasteiger partial charge in [-0.25, -0.2) is 0 Å². The van der Waals surface area contributed by atoms with Gasteiger partial charge in [-0.2, -0.15) is 0 Å². The molecule has 2 N–H and O–H groups in total. The maximum Gasteiger partial charge on any atom is 0.234 e. The van der Waals surface area contributed by atoms with Crippen molar-refractivity contribution in [2.75, 3.05) is 16.8 Å². The van der Waals surface area contributed by atoms with Crippen LogP contribution >= 0.6 is 11.8 Å². The number of carbonyl (C=O) groups is 2. The van der Waals surface area contributed by atoms with E-state index in [0.29, 0.717) is 17.5 Å². The number of hydrogen-bond acceptors (Lipinski definition) is 3. The van der Waals surface area contributed by atoms with E-state index in [9.17, 15) is 9.59 Å². The van der Waals surface area contributed by atoms with Crippen molar-refractivity contribution in [2.45, 2.75) is 45.6 Å². The molecular formula is C17H24N2O2S. The lowest BCUT2D eigenvalue weighted by molar-refractivity contribution is -0.119. The van der Waals surface area contributed by atoms with E-state index in [-0.39, 0.29) is 11.8 Å². The minimum Gasteiger partial charge on any atom is -0.353 e. The number of benzene rings is 1. The number of thioether (sulfide) groups is 1. The van der Waals surface area contributed by atoms with E-state index in [2.05, 4.69) is 10.6 Å². The summed E-state index contributed by atoms with van der Waals surface area (Å²) in [6.45, 7) is 4.06. The van der Waals surface area contributed by atoms with Crippen LogP contribution in [0.25, 0.3) is 0 Å². The van der Waals surface area contributed by atoms with Crippen molar-refractivity contribution in [3.63, 3.8) is 0 Å². The first kappa shape index (κ1) is 16.9. The second-order valence-electron chi connectivity index (χ2n) is 5.89. The zero-order valence-electron chi connectivity index (χ0n) is 13.3. The zero-order valence-corrected chi connectivity index (χ0v) is 14.1. The van der Waals surface area contributed by atoms with Crippen molar-refractivity contribution >= 4 is 29.3 Å². The quantitative estimate of drug-likeness (QED) is 0.847. The lowest BCUT2D eigenvalue weighted by Gasteiger charge is -2.11. The van der Waals surface area contributed by atoms with Crippen LogP contribution in [0, 0.1) is 13.8 Å². The average molecular weight is 320 g/mol. The van der Waals surface area contributed by atoms with E-state index in [1.807, 2.05) is 32.0 Å². The Hall–Kier alpha value is -1.49. The summed E-state index contributed by atoms with van der Waals surface area (Å²) in [5.74, 6) is 0.611. The molecule has 0 spiro atoms. The van der Waals surface area contributed by atoms with Crippen molar-refractivity contribution in [3.8, 4) is 0 Å². The normalized spacial score (nSPS) is 14.8. The maximum atomic E-state index is 11.9. The van der Waals surface area contributed by atoms with E-state index >= 15 is 0 Å². The third-order valence-electron chi connectivity index (χ3n) is 3.98. The van der Waals surface area contributed by atoms with Crippen molar-refractivity contribution in [1.29, 1.82) is 0 Å². The number of anilines is 1. The average Bonchev–Trinajstić information content (AvgIpc) is 2.95. The molecule has 0 unspecified atom stereocenters. The van der Waals surface area contributed by atoms with Gasteiger partial charge in [-0.1, -0.05) is 18.9 Å². The molecule has 1 aliphatic rings. The fourth-order valence-electron chi connectivity index (χ4n) is 2.59. The van der Waals surface area contributed by atoms with Gasteiger partial charge in [-0.15, -0.1) is 11.8 Å². The van der Waals surface area contributed by atoms with E-state index in [1.54, 1.807) is 0 Å². The smallest absolute Gasteiger partial charge is 0.234 e. The van der Waals surface area contributed by atoms with E-state index in [1.165, 1.54) is 30.2 Å². The Kier molecular flexibility index (Phi) is 6.31. The summed E-state index contributed by atoms with van der Waals surface area (Å²) in [6, 6.07) is 6.20. The van der Waals surface area contributed by atoms with Crippen molar-refractivity contribution in [1.82, 2.24) is 5.32 Å². The van der Waals surface area contributed by atoms with Crippen molar-refractivity contribution in [2.24, 2.45) is 0 Å². The van der Waals surface area contributed by atoms with Crippen LogP contribution in [-0.2, 0) is 9.59 Å². The van der Waals surface area contributed by atoms with Gasteiger partial charge in [-0.3, -0.25) is 9.59 Å². The zero-order chi connectivity index (χ0) is 15.9. The van der Waals surface area contributed by atoms with E-state index < -0.39 is 0 Å². The molecule has 4 nitrogen and oxygen atoms in total. The van der Waals surface area contributed by atoms with Gasteiger partial charge in [0.15, 0.2) is 0 Å². The van der Waals surface area contributed by atoms with Crippen molar-refractivity contribution < 1.29 is 9.59 Å². The monoisotopic (exact) mass is 320 g/mol. The van der Waals surface area contributed by atoms with Crippen LogP contribution < -0.4 is 10.6 Å². The van der Waals surface area contributed by atoms with Gasteiger partial charge in [0.05, 0.1) is 11.5 Å². The molecule has 0 aromatic heterocycles. The van der Waals surface area contributed by atoms with E-state index in [4.69, 9.17) is 0 Å². The molecule has 1 aromatic carbocycles. The highest BCUT2D eigenvalue weighted by Crippen LogP contribution is 2.18. The van der Waals surface area contributed by atoms with Crippen LogP contribution in [0.3, 0.4) is 0 Å². The summed E-state index contributed by atoms with van der Waals surface area (Å²) in [6.07, 6.45) is 4.58. The second kappa shape index (κ2) is 8.22. The number of hydrogen-bond donors (Lipinski definition) is 2. The lowest BCUT2D eigenvalue weighted by Crippen LogP contribution is -2.34. The largest absolute Gasteiger partial charge is 0.353 e. The van der Waals surface area contributed by atoms with Crippen LogP contribution in [0.2, 0.25) is 0 Å². The van der Waals surface area contributed by atoms with Gasteiger partial charge in [0.25, 0.3) is 0 Å². The minimum atomic E-state index is -0.0677. The molecule has 5 heteroatoms. The first-order valence-corrected chi connectivity index (χ1v) is 8.94. The predicted molar refractivity (Wildman–Crippen MR) is 92.3 cm³/mol. The highest BCUT2D eigenvalue weighted by Gasteiger charge is 2.17. The molecule has 1 aromatic rings. The molecule has 1 aliphatic carbocycles. The Balaban J connectivity index is 1.66. The van der Waals surface area contributed by atoms with Crippen LogP contribution in [0.1, 0.15) is 36.8 Å². The third-order valence-corrected chi connectivity index (χ3v) is 4.91. The highest BCUT2D eigenvalue weighted by atomic mass is 32.2. The molecule has 0 radical (unpaired) electrons. The SMILES string of the molecule is Cc1ccc(NC(=O)CSCC(=O)NC2CCCC2)cc1C. The van der Waals surface area contributed by atoms with Crippen LogP contribution in [-0.4, -0.2) is 29.4 Å². The minimum absolute atomic E-state index is 0.0379. The summed E-state index contributed by atoms with van der Waals surface area (Å²) in [5.41, 5.74) is 3.17. The molecule has 0 aliphatic heterocycles. The summed E-state index contributed by atoms with van der Waals surface area (Å²) in [5, 5.41) is 5.89. The van der Waals surface area contributed by atoms with Crippen LogP contribution in [0.15, 0.2) is 18.2 Å². The Morgan fingerprint density at radius 2 is 1.77 bits per heavy atom. The molecule has 120 valence electrons.